The molecule has 1 rings (SSSR count). The Bertz CT molecular complexity index is 474. The number of esters is 1. The Kier molecular flexibility index (Phi) is 6.02. The third kappa shape index (κ3) is 4.35. The summed E-state index contributed by atoms with van der Waals surface area (Å²) in [4.78, 5) is 25.3. The average molecular weight is 328 g/mol. The number of ether oxygens (including phenoxy) is 1. The number of nitrogens with zero attached hydrogens (tertiary/aromatic N) is 1. The van der Waals surface area contributed by atoms with Gasteiger partial charge in [-0.3, -0.25) is 9.59 Å². The van der Waals surface area contributed by atoms with Gasteiger partial charge in [-0.25, -0.2) is 0 Å². The van der Waals surface area contributed by atoms with Crippen LogP contribution in [0.25, 0.3) is 0 Å². The molecule has 0 bridgehead atoms. The third-order valence-corrected chi connectivity index (χ3v) is 3.25. The van der Waals surface area contributed by atoms with Gasteiger partial charge in [-0.15, -0.1) is 0 Å². The SMILES string of the molecule is CCCN(CC(=O)OC)C(=O)c1cc(Br)ccc1C. The van der Waals surface area contributed by atoms with Crippen molar-refractivity contribution in [3.05, 3.63) is 33.8 Å². The first-order valence-electron chi connectivity index (χ1n) is 6.11. The Hall–Kier alpha value is -1.36. The molecule has 0 unspecified atom stereocenters. The molecule has 0 heterocycles. The molecular weight excluding hydrogens is 310 g/mol. The maximum atomic E-state index is 12.5. The van der Waals surface area contributed by atoms with E-state index in [-0.39, 0.29) is 12.5 Å². The summed E-state index contributed by atoms with van der Waals surface area (Å²) in [5, 5.41) is 0. The molecule has 0 aliphatic carbocycles. The summed E-state index contributed by atoms with van der Waals surface area (Å²) in [6, 6.07) is 5.54. The van der Waals surface area contributed by atoms with Gasteiger partial charge in [-0.2, -0.15) is 0 Å². The zero-order valence-corrected chi connectivity index (χ0v) is 13.0. The van der Waals surface area contributed by atoms with Gasteiger partial charge in [0.1, 0.15) is 6.54 Å². The number of methoxy groups -OCH3 is 1. The highest BCUT2D eigenvalue weighted by molar-refractivity contribution is 9.10. The van der Waals surface area contributed by atoms with Crippen molar-refractivity contribution in [2.24, 2.45) is 0 Å². The predicted octanol–water partition coefficient (Wildman–Crippen LogP) is 2.78. The molecule has 0 saturated carbocycles. The molecule has 1 aromatic carbocycles. The van der Waals surface area contributed by atoms with Crippen LogP contribution in [0.15, 0.2) is 22.7 Å². The van der Waals surface area contributed by atoms with Gasteiger partial charge in [0.05, 0.1) is 7.11 Å². The van der Waals surface area contributed by atoms with E-state index in [1.54, 1.807) is 6.07 Å². The van der Waals surface area contributed by atoms with E-state index < -0.39 is 5.97 Å². The summed E-state index contributed by atoms with van der Waals surface area (Å²) in [5.74, 6) is -0.555. The van der Waals surface area contributed by atoms with Gasteiger partial charge in [-0.1, -0.05) is 28.9 Å². The Labute approximate surface area is 121 Å². The molecule has 19 heavy (non-hydrogen) atoms. The lowest BCUT2D eigenvalue weighted by molar-refractivity contribution is -0.141. The van der Waals surface area contributed by atoms with Crippen LogP contribution in [0, 0.1) is 6.92 Å². The second-order valence-electron chi connectivity index (χ2n) is 4.26. The minimum atomic E-state index is -0.408. The van der Waals surface area contributed by atoms with E-state index in [1.807, 2.05) is 26.0 Å². The van der Waals surface area contributed by atoms with E-state index in [2.05, 4.69) is 20.7 Å². The number of amides is 1. The highest BCUT2D eigenvalue weighted by Gasteiger charge is 2.20. The van der Waals surface area contributed by atoms with E-state index in [9.17, 15) is 9.59 Å². The molecule has 1 aromatic rings. The number of benzene rings is 1. The Morgan fingerprint density at radius 2 is 2.05 bits per heavy atom. The molecule has 104 valence electrons. The van der Waals surface area contributed by atoms with Gasteiger partial charge in [-0.05, 0) is 31.0 Å². The molecule has 0 aromatic heterocycles. The normalized spacial score (nSPS) is 10.1. The third-order valence-electron chi connectivity index (χ3n) is 2.76. The number of hydrogen-bond donors (Lipinski definition) is 0. The van der Waals surface area contributed by atoms with Crippen LogP contribution in [0.1, 0.15) is 29.3 Å². The number of aryl methyl sites for hydroxylation is 1. The highest BCUT2D eigenvalue weighted by atomic mass is 79.9. The van der Waals surface area contributed by atoms with Crippen LogP contribution in [0.3, 0.4) is 0 Å². The van der Waals surface area contributed by atoms with Crippen LogP contribution in [0.5, 0.6) is 0 Å². The molecule has 0 fully saturated rings. The van der Waals surface area contributed by atoms with Crippen LogP contribution in [-0.4, -0.2) is 37.0 Å². The van der Waals surface area contributed by atoms with Gasteiger partial charge >= 0.3 is 5.97 Å². The van der Waals surface area contributed by atoms with E-state index in [0.717, 1.165) is 16.5 Å². The second-order valence-corrected chi connectivity index (χ2v) is 5.18. The maximum Gasteiger partial charge on any atom is 0.325 e. The first-order valence-corrected chi connectivity index (χ1v) is 6.91. The maximum absolute atomic E-state index is 12.5. The summed E-state index contributed by atoms with van der Waals surface area (Å²) in [5.41, 5.74) is 1.49. The lowest BCUT2D eigenvalue weighted by Gasteiger charge is -2.21. The molecule has 0 radical (unpaired) electrons. The predicted molar refractivity (Wildman–Crippen MR) is 77.1 cm³/mol. The zero-order valence-electron chi connectivity index (χ0n) is 11.4. The standard InChI is InChI=1S/C14H18BrNO3/c1-4-7-16(9-13(17)19-3)14(18)12-8-11(15)6-5-10(12)2/h5-6,8H,4,7,9H2,1-3H3. The average Bonchev–Trinajstić information content (AvgIpc) is 2.40. The molecular formula is C14H18BrNO3. The van der Waals surface area contributed by atoms with Crippen molar-refractivity contribution in [1.29, 1.82) is 0 Å². The van der Waals surface area contributed by atoms with Crippen molar-refractivity contribution in [3.8, 4) is 0 Å². The second kappa shape index (κ2) is 7.28. The number of hydrogen-bond acceptors (Lipinski definition) is 3. The van der Waals surface area contributed by atoms with Crippen molar-refractivity contribution in [2.75, 3.05) is 20.2 Å². The summed E-state index contributed by atoms with van der Waals surface area (Å²) >= 11 is 3.35. The van der Waals surface area contributed by atoms with Crippen LogP contribution in [-0.2, 0) is 9.53 Å². The fourth-order valence-corrected chi connectivity index (χ4v) is 2.10. The summed E-state index contributed by atoms with van der Waals surface area (Å²) in [6.07, 6.45) is 0.787. The summed E-state index contributed by atoms with van der Waals surface area (Å²) in [7, 11) is 1.32. The molecule has 4 nitrogen and oxygen atoms in total. The molecule has 0 aliphatic heterocycles. The van der Waals surface area contributed by atoms with Crippen LogP contribution in [0.2, 0.25) is 0 Å². The van der Waals surface area contributed by atoms with E-state index in [1.165, 1.54) is 12.0 Å². The van der Waals surface area contributed by atoms with Crippen molar-refractivity contribution < 1.29 is 14.3 Å². The minimum absolute atomic E-state index is 0.0187. The molecule has 0 saturated heterocycles. The summed E-state index contributed by atoms with van der Waals surface area (Å²) in [6.45, 7) is 4.35. The fourth-order valence-electron chi connectivity index (χ4n) is 1.74. The van der Waals surface area contributed by atoms with Gasteiger partial charge in [0, 0.05) is 16.6 Å². The quantitative estimate of drug-likeness (QED) is 0.781. The lowest BCUT2D eigenvalue weighted by atomic mass is 10.1. The van der Waals surface area contributed by atoms with Crippen molar-refractivity contribution >= 4 is 27.8 Å². The first-order chi connectivity index (χ1) is 8.99. The minimum Gasteiger partial charge on any atom is -0.468 e. The highest BCUT2D eigenvalue weighted by Crippen LogP contribution is 2.18. The van der Waals surface area contributed by atoms with Crippen LogP contribution < -0.4 is 0 Å². The Morgan fingerprint density at radius 3 is 2.63 bits per heavy atom. The van der Waals surface area contributed by atoms with E-state index in [0.29, 0.717) is 12.1 Å². The monoisotopic (exact) mass is 327 g/mol. The van der Waals surface area contributed by atoms with E-state index >= 15 is 0 Å². The van der Waals surface area contributed by atoms with Crippen LogP contribution in [0.4, 0.5) is 0 Å². The Balaban J connectivity index is 2.98. The van der Waals surface area contributed by atoms with Gasteiger partial charge in [0.25, 0.3) is 5.91 Å². The van der Waals surface area contributed by atoms with Crippen molar-refractivity contribution in [2.45, 2.75) is 20.3 Å². The van der Waals surface area contributed by atoms with Gasteiger partial charge in [0.2, 0.25) is 0 Å². The number of halogens is 1. The number of carbonyl (C=O) groups excluding carboxylic acids is 2. The van der Waals surface area contributed by atoms with Crippen molar-refractivity contribution in [1.82, 2.24) is 4.90 Å². The lowest BCUT2D eigenvalue weighted by Crippen LogP contribution is -2.37. The van der Waals surface area contributed by atoms with Crippen molar-refractivity contribution in [3.63, 3.8) is 0 Å². The molecule has 0 N–H and O–H groups in total. The van der Waals surface area contributed by atoms with Gasteiger partial charge < -0.3 is 9.64 Å². The molecule has 5 heteroatoms. The molecule has 0 spiro atoms. The first kappa shape index (κ1) is 15.7. The number of rotatable bonds is 5. The molecule has 0 atom stereocenters. The van der Waals surface area contributed by atoms with Gasteiger partial charge in [0.15, 0.2) is 0 Å². The van der Waals surface area contributed by atoms with E-state index in [4.69, 9.17) is 0 Å². The topological polar surface area (TPSA) is 46.6 Å². The summed E-state index contributed by atoms with van der Waals surface area (Å²) < 4.78 is 5.47. The number of carbonyl (C=O) groups is 2. The fraction of sp³-hybridized carbons (Fsp3) is 0.429. The smallest absolute Gasteiger partial charge is 0.325 e. The molecule has 1 amide bonds. The molecule has 0 aliphatic rings. The van der Waals surface area contributed by atoms with Crippen LogP contribution >= 0.6 is 15.9 Å². The largest absolute Gasteiger partial charge is 0.468 e. The Morgan fingerprint density at radius 1 is 1.37 bits per heavy atom. The zero-order chi connectivity index (χ0) is 14.4.